The Morgan fingerprint density at radius 1 is 1.14 bits per heavy atom. The molecule has 2 aromatic rings. The quantitative estimate of drug-likeness (QED) is 0.723. The van der Waals surface area contributed by atoms with E-state index in [1.165, 1.54) is 11.4 Å². The van der Waals surface area contributed by atoms with Gasteiger partial charge in [0.25, 0.3) is 0 Å². The largest absolute Gasteiger partial charge is 0.363 e. The minimum absolute atomic E-state index is 0.0195. The van der Waals surface area contributed by atoms with Crippen molar-refractivity contribution in [3.05, 3.63) is 47.9 Å². The molecule has 0 N–H and O–H groups in total. The number of sulfonamides is 1. The average molecular weight is 404 g/mol. The Hall–Kier alpha value is -2.52. The minimum atomic E-state index is -3.64. The van der Waals surface area contributed by atoms with Crippen LogP contribution in [0.3, 0.4) is 0 Å². The molecule has 150 valence electrons. The monoisotopic (exact) mass is 403 g/mol. The Kier molecular flexibility index (Phi) is 5.66. The third kappa shape index (κ3) is 4.15. The van der Waals surface area contributed by atoms with Crippen LogP contribution >= 0.6 is 0 Å². The number of benzene rings is 1. The third-order valence-electron chi connectivity index (χ3n) is 4.81. The van der Waals surface area contributed by atoms with Gasteiger partial charge in [0.2, 0.25) is 15.9 Å². The van der Waals surface area contributed by atoms with Gasteiger partial charge in [0.1, 0.15) is 11.6 Å². The second-order valence-corrected chi connectivity index (χ2v) is 9.26. The van der Waals surface area contributed by atoms with Crippen LogP contribution in [0.2, 0.25) is 0 Å². The summed E-state index contributed by atoms with van der Waals surface area (Å²) < 4.78 is 26.8. The van der Waals surface area contributed by atoms with Gasteiger partial charge in [0.15, 0.2) is 0 Å². The first kappa shape index (κ1) is 20.2. The number of hydrogen-bond acceptors (Lipinski definition) is 6. The highest BCUT2D eigenvalue weighted by Gasteiger charge is 2.30. The molecule has 1 amide bonds. The normalized spacial score (nSPS) is 17.4. The van der Waals surface area contributed by atoms with Crippen LogP contribution in [0.25, 0.3) is 0 Å². The molecule has 0 saturated carbocycles. The van der Waals surface area contributed by atoms with E-state index in [-0.39, 0.29) is 23.3 Å². The molecule has 1 aliphatic heterocycles. The smallest absolute Gasteiger partial charge is 0.243 e. The van der Waals surface area contributed by atoms with Crippen molar-refractivity contribution >= 4 is 21.7 Å². The van der Waals surface area contributed by atoms with E-state index in [4.69, 9.17) is 0 Å². The third-order valence-corrected chi connectivity index (χ3v) is 6.63. The van der Waals surface area contributed by atoms with Crippen molar-refractivity contribution in [2.24, 2.45) is 0 Å². The van der Waals surface area contributed by atoms with Crippen LogP contribution in [0, 0.1) is 0 Å². The lowest BCUT2D eigenvalue weighted by molar-refractivity contribution is -0.126. The molecule has 9 heteroatoms. The highest BCUT2D eigenvalue weighted by atomic mass is 32.2. The Balaban J connectivity index is 1.90. The molecule has 1 aromatic heterocycles. The van der Waals surface area contributed by atoms with E-state index in [1.54, 1.807) is 42.3 Å². The van der Waals surface area contributed by atoms with E-state index >= 15 is 0 Å². The topological polar surface area (TPSA) is 86.7 Å². The van der Waals surface area contributed by atoms with Crippen molar-refractivity contribution in [1.82, 2.24) is 19.2 Å². The molecule has 1 unspecified atom stereocenters. The maximum absolute atomic E-state index is 12.8. The molecule has 3 rings (SSSR count). The summed E-state index contributed by atoms with van der Waals surface area (Å²) in [6.45, 7) is 0.642. The fourth-order valence-electron chi connectivity index (χ4n) is 3.13. The molecule has 0 bridgehead atoms. The van der Waals surface area contributed by atoms with Gasteiger partial charge in [-0.15, -0.1) is 0 Å². The number of amides is 1. The first-order valence-corrected chi connectivity index (χ1v) is 10.4. The average Bonchev–Trinajstić information content (AvgIpc) is 3.01. The minimum Gasteiger partial charge on any atom is -0.363 e. The fraction of sp³-hybridized carbons (Fsp3) is 0.421. The standard InChI is InChI=1S/C19H25N5O3S/c1-22(2)18-11-16(14-10-19(25)23(3)12-14)20-17(21-18)13-24(4)28(26,27)15-8-6-5-7-9-15/h5-9,11,14H,10,12-13H2,1-4H3. The summed E-state index contributed by atoms with van der Waals surface area (Å²) in [4.78, 5) is 24.8. The molecule has 1 aromatic carbocycles. The van der Waals surface area contributed by atoms with E-state index in [2.05, 4.69) is 9.97 Å². The lowest BCUT2D eigenvalue weighted by Crippen LogP contribution is -2.28. The molecular weight excluding hydrogens is 378 g/mol. The lowest BCUT2D eigenvalue weighted by Gasteiger charge is -2.20. The summed E-state index contributed by atoms with van der Waals surface area (Å²) in [5.41, 5.74) is 0.761. The number of carbonyl (C=O) groups is 1. The number of aromatic nitrogens is 2. The molecule has 28 heavy (non-hydrogen) atoms. The fourth-order valence-corrected chi connectivity index (χ4v) is 4.28. The number of anilines is 1. The Morgan fingerprint density at radius 2 is 1.82 bits per heavy atom. The van der Waals surface area contributed by atoms with E-state index in [0.29, 0.717) is 24.6 Å². The van der Waals surface area contributed by atoms with Crippen molar-refractivity contribution in [2.75, 3.05) is 39.6 Å². The first-order valence-electron chi connectivity index (χ1n) is 8.99. The molecule has 0 spiro atoms. The zero-order valence-corrected chi connectivity index (χ0v) is 17.3. The molecule has 0 aliphatic carbocycles. The zero-order valence-electron chi connectivity index (χ0n) is 16.5. The number of hydrogen-bond donors (Lipinski definition) is 0. The Labute approximate surface area is 165 Å². The summed E-state index contributed by atoms with van der Waals surface area (Å²) in [5.74, 6) is 1.16. The molecule has 1 fully saturated rings. The van der Waals surface area contributed by atoms with Gasteiger partial charge >= 0.3 is 0 Å². The van der Waals surface area contributed by atoms with Gasteiger partial charge in [-0.05, 0) is 12.1 Å². The van der Waals surface area contributed by atoms with E-state index < -0.39 is 10.0 Å². The van der Waals surface area contributed by atoms with Gasteiger partial charge in [0.05, 0.1) is 17.1 Å². The summed E-state index contributed by atoms with van der Waals surface area (Å²) in [5, 5.41) is 0. The van der Waals surface area contributed by atoms with E-state index in [0.717, 1.165) is 5.69 Å². The van der Waals surface area contributed by atoms with Gasteiger partial charge in [0, 0.05) is 53.1 Å². The molecule has 1 atom stereocenters. The second kappa shape index (κ2) is 7.84. The van der Waals surface area contributed by atoms with Gasteiger partial charge in [-0.2, -0.15) is 4.31 Å². The molecule has 0 radical (unpaired) electrons. The van der Waals surface area contributed by atoms with Crippen molar-refractivity contribution in [3.63, 3.8) is 0 Å². The van der Waals surface area contributed by atoms with Crippen LogP contribution in [-0.2, 0) is 21.4 Å². The maximum Gasteiger partial charge on any atom is 0.243 e. The number of carbonyl (C=O) groups excluding carboxylic acids is 1. The first-order chi connectivity index (χ1) is 13.2. The number of likely N-dealkylation sites (tertiary alicyclic amines) is 1. The highest BCUT2D eigenvalue weighted by molar-refractivity contribution is 7.89. The summed E-state index contributed by atoms with van der Waals surface area (Å²) >= 11 is 0. The summed E-state index contributed by atoms with van der Waals surface area (Å²) in [7, 11) is 3.38. The lowest BCUT2D eigenvalue weighted by atomic mass is 10.0. The second-order valence-electron chi connectivity index (χ2n) is 7.21. The van der Waals surface area contributed by atoms with Crippen LogP contribution in [0.5, 0.6) is 0 Å². The molecular formula is C19H25N5O3S. The summed E-state index contributed by atoms with van der Waals surface area (Å²) in [6, 6.07) is 10.1. The van der Waals surface area contributed by atoms with Crippen LogP contribution in [0.1, 0.15) is 23.9 Å². The van der Waals surface area contributed by atoms with Gasteiger partial charge in [-0.3, -0.25) is 4.79 Å². The molecule has 8 nitrogen and oxygen atoms in total. The predicted molar refractivity (Wildman–Crippen MR) is 106 cm³/mol. The zero-order chi connectivity index (χ0) is 20.5. The van der Waals surface area contributed by atoms with Crippen LogP contribution < -0.4 is 4.90 Å². The van der Waals surface area contributed by atoms with Crippen LogP contribution in [0.4, 0.5) is 5.82 Å². The Bertz CT molecular complexity index is 963. The SMILES string of the molecule is CN1CC(c2cc(N(C)C)nc(CN(C)S(=O)(=O)c3ccccc3)n2)CC1=O. The maximum atomic E-state index is 12.8. The molecule has 1 saturated heterocycles. The highest BCUT2D eigenvalue weighted by Crippen LogP contribution is 2.28. The van der Waals surface area contributed by atoms with Gasteiger partial charge in [-0.25, -0.2) is 18.4 Å². The molecule has 2 heterocycles. The van der Waals surface area contributed by atoms with Gasteiger partial charge < -0.3 is 9.80 Å². The van der Waals surface area contributed by atoms with E-state index in [9.17, 15) is 13.2 Å². The van der Waals surface area contributed by atoms with Crippen molar-refractivity contribution < 1.29 is 13.2 Å². The van der Waals surface area contributed by atoms with Crippen LogP contribution in [-0.4, -0.2) is 68.2 Å². The predicted octanol–water partition coefficient (Wildman–Crippen LogP) is 1.31. The van der Waals surface area contributed by atoms with Crippen molar-refractivity contribution in [1.29, 1.82) is 0 Å². The number of nitrogens with zero attached hydrogens (tertiary/aromatic N) is 5. The Morgan fingerprint density at radius 3 is 2.39 bits per heavy atom. The number of likely N-dealkylation sites (N-methyl/N-ethyl adjacent to an activating group) is 1. The molecule has 1 aliphatic rings. The number of rotatable bonds is 6. The van der Waals surface area contributed by atoms with Crippen LogP contribution in [0.15, 0.2) is 41.3 Å². The summed E-state index contributed by atoms with van der Waals surface area (Å²) in [6.07, 6.45) is 0.401. The van der Waals surface area contributed by atoms with Crippen molar-refractivity contribution in [3.8, 4) is 0 Å². The van der Waals surface area contributed by atoms with E-state index in [1.807, 2.05) is 25.1 Å². The van der Waals surface area contributed by atoms with Gasteiger partial charge in [-0.1, -0.05) is 18.2 Å². The van der Waals surface area contributed by atoms with Crippen molar-refractivity contribution in [2.45, 2.75) is 23.8 Å².